The van der Waals surface area contributed by atoms with Crippen LogP contribution >= 0.6 is 0 Å². The van der Waals surface area contributed by atoms with Gasteiger partial charge < -0.3 is 24.8 Å². The Kier molecular flexibility index (Phi) is 7.22. The number of fused-ring (bicyclic) bond motifs is 1. The van der Waals surface area contributed by atoms with Gasteiger partial charge in [-0.2, -0.15) is 0 Å². The van der Waals surface area contributed by atoms with Crippen LogP contribution in [0.5, 0.6) is 5.75 Å². The molecule has 0 saturated carbocycles. The zero-order valence-electron chi connectivity index (χ0n) is 12.9. The summed E-state index contributed by atoms with van der Waals surface area (Å²) in [5, 5.41) is 0. The van der Waals surface area contributed by atoms with Gasteiger partial charge >= 0.3 is 130 Å². The molecule has 1 aliphatic carbocycles. The summed E-state index contributed by atoms with van der Waals surface area (Å²) in [6.07, 6.45) is 4.52. The fourth-order valence-electron chi connectivity index (χ4n) is 2.80. The zero-order valence-corrected chi connectivity index (χ0v) is 15.9. The van der Waals surface area contributed by atoms with Gasteiger partial charge in [0, 0.05) is 0 Å². The molecule has 0 fully saturated rings. The van der Waals surface area contributed by atoms with Crippen LogP contribution in [0.1, 0.15) is 32.0 Å². The molecule has 22 heavy (non-hydrogen) atoms. The monoisotopic (exact) mass is 368 g/mol. The third-order valence-corrected chi connectivity index (χ3v) is 5.38. The molecule has 4 heteroatoms. The van der Waals surface area contributed by atoms with Gasteiger partial charge in [0.25, 0.3) is 0 Å². The van der Waals surface area contributed by atoms with Crippen molar-refractivity contribution in [3.05, 3.63) is 70.3 Å². The standard InChI is InChI=1S/C9H12O.C9H7.2ClH.Ti/c1-6-4-7(2)9(10)8(3)5-6;1-2-5-9-7-3-6-8(9)4-1;;;/h4-5,10H,1-3H3;1-7H;2*1H;/q;;;;+3/p-3. The van der Waals surface area contributed by atoms with E-state index in [2.05, 4.69) is 69.3 Å². The molecular formula is C18H18Cl2OTi. The van der Waals surface area contributed by atoms with Crippen LogP contribution in [0.25, 0.3) is 6.08 Å². The van der Waals surface area contributed by atoms with Gasteiger partial charge in [-0.1, -0.05) is 0 Å². The quantitative estimate of drug-likeness (QED) is 0.616. The molecule has 3 rings (SSSR count). The molecule has 0 aromatic heterocycles. The molecule has 2 aromatic carbocycles. The fraction of sp³-hybridized carbons (Fsp3) is 0.222. The van der Waals surface area contributed by atoms with Gasteiger partial charge in [-0.3, -0.25) is 0 Å². The van der Waals surface area contributed by atoms with Crippen molar-refractivity contribution in [3.8, 4) is 5.75 Å². The number of allylic oxidation sites excluding steroid dienone is 1. The van der Waals surface area contributed by atoms with Gasteiger partial charge in [0.2, 0.25) is 0 Å². The topological polar surface area (TPSA) is 9.23 Å². The maximum Gasteiger partial charge on any atom is -1.00 e. The van der Waals surface area contributed by atoms with Gasteiger partial charge in [0.05, 0.1) is 0 Å². The first kappa shape index (κ1) is 19.3. The van der Waals surface area contributed by atoms with Crippen LogP contribution in [0.3, 0.4) is 0 Å². The average molecular weight is 369 g/mol. The Hall–Kier alpha value is -0.726. The van der Waals surface area contributed by atoms with Crippen LogP contribution in [0, 0.1) is 20.8 Å². The van der Waals surface area contributed by atoms with Gasteiger partial charge in [-0.15, -0.1) is 0 Å². The summed E-state index contributed by atoms with van der Waals surface area (Å²) >= 11 is -0.524. The molecule has 0 saturated heterocycles. The minimum Gasteiger partial charge on any atom is -1.00 e. The van der Waals surface area contributed by atoms with Crippen LogP contribution < -0.4 is 28.1 Å². The predicted molar refractivity (Wildman–Crippen MR) is 79.5 cm³/mol. The molecule has 0 amide bonds. The third kappa shape index (κ3) is 3.97. The normalized spacial score (nSPS) is 14.4. The van der Waals surface area contributed by atoms with E-state index in [1.165, 1.54) is 27.8 Å². The molecule has 0 radical (unpaired) electrons. The van der Waals surface area contributed by atoms with Gasteiger partial charge in [-0.25, -0.2) is 0 Å². The van der Waals surface area contributed by atoms with Crippen LogP contribution in [-0.2, 0) is 19.5 Å². The van der Waals surface area contributed by atoms with E-state index in [0.717, 1.165) is 5.75 Å². The summed E-state index contributed by atoms with van der Waals surface area (Å²) in [6.45, 7) is 6.41. The largest absolute Gasteiger partial charge is 1.00 e. The molecule has 114 valence electrons. The molecule has 2 aromatic rings. The average Bonchev–Trinajstić information content (AvgIpc) is 2.81. The van der Waals surface area contributed by atoms with E-state index in [1.54, 1.807) is 0 Å². The summed E-state index contributed by atoms with van der Waals surface area (Å²) in [5.74, 6) is 1.09. The van der Waals surface area contributed by atoms with Crippen molar-refractivity contribution in [3.63, 3.8) is 0 Å². The smallest absolute Gasteiger partial charge is 1.00 e. The Morgan fingerprint density at radius 1 is 0.955 bits per heavy atom. The van der Waals surface area contributed by atoms with E-state index < -0.39 is 19.5 Å². The molecule has 1 atom stereocenters. The van der Waals surface area contributed by atoms with Gasteiger partial charge in [0.15, 0.2) is 0 Å². The van der Waals surface area contributed by atoms with E-state index in [9.17, 15) is 0 Å². The van der Waals surface area contributed by atoms with Crippen LogP contribution in [0.2, 0.25) is 0 Å². The SMILES string of the molecule is Cc1cc(C)c([O][Ti+2][CH]2C=Cc3ccccc32)c(C)c1.[Cl-].[Cl-]. The summed E-state index contributed by atoms with van der Waals surface area (Å²) in [6, 6.07) is 13.0. The third-order valence-electron chi connectivity index (χ3n) is 3.69. The maximum atomic E-state index is 6.24. The molecule has 1 aliphatic rings. The Labute approximate surface area is 154 Å². The first-order chi connectivity index (χ1) is 9.65. The van der Waals surface area contributed by atoms with E-state index in [0.29, 0.717) is 4.22 Å². The molecule has 0 N–H and O–H groups in total. The fourth-order valence-corrected chi connectivity index (χ4v) is 4.57. The summed E-state index contributed by atoms with van der Waals surface area (Å²) < 4.78 is 6.73. The van der Waals surface area contributed by atoms with E-state index in [4.69, 9.17) is 3.32 Å². The Balaban J connectivity index is 0.00000121. The van der Waals surface area contributed by atoms with E-state index in [1.807, 2.05) is 0 Å². The Morgan fingerprint density at radius 2 is 1.59 bits per heavy atom. The van der Waals surface area contributed by atoms with Crippen molar-refractivity contribution in [2.24, 2.45) is 0 Å². The number of benzene rings is 2. The first-order valence-electron chi connectivity index (χ1n) is 6.92. The molecule has 0 aliphatic heterocycles. The van der Waals surface area contributed by atoms with Crippen molar-refractivity contribution in [2.45, 2.75) is 25.0 Å². The number of hydrogen-bond donors (Lipinski definition) is 0. The van der Waals surface area contributed by atoms with Crippen molar-refractivity contribution < 1.29 is 47.7 Å². The van der Waals surface area contributed by atoms with Crippen molar-refractivity contribution in [1.29, 1.82) is 0 Å². The Morgan fingerprint density at radius 3 is 2.27 bits per heavy atom. The molecular weight excluding hydrogens is 351 g/mol. The Bertz CT molecular complexity index is 660. The van der Waals surface area contributed by atoms with Gasteiger partial charge in [-0.05, 0) is 0 Å². The van der Waals surface area contributed by atoms with Crippen LogP contribution in [0.15, 0.2) is 42.5 Å². The van der Waals surface area contributed by atoms with Gasteiger partial charge in [0.1, 0.15) is 0 Å². The summed E-state index contributed by atoms with van der Waals surface area (Å²) in [5.41, 5.74) is 6.58. The second-order valence-corrected chi connectivity index (χ2v) is 7.07. The van der Waals surface area contributed by atoms with Crippen LogP contribution in [0.4, 0.5) is 0 Å². The van der Waals surface area contributed by atoms with Crippen molar-refractivity contribution in [1.82, 2.24) is 0 Å². The summed E-state index contributed by atoms with van der Waals surface area (Å²) in [7, 11) is 0. The minimum atomic E-state index is -0.524. The molecule has 1 nitrogen and oxygen atoms in total. The number of aryl methyl sites for hydroxylation is 3. The second kappa shape index (κ2) is 8.22. The minimum absolute atomic E-state index is 0. The molecule has 1 unspecified atom stereocenters. The second-order valence-electron chi connectivity index (χ2n) is 5.41. The predicted octanol–water partition coefficient (Wildman–Crippen LogP) is -1.24. The maximum absolute atomic E-state index is 6.24. The molecule has 0 spiro atoms. The van der Waals surface area contributed by atoms with E-state index >= 15 is 0 Å². The molecule has 0 bridgehead atoms. The number of hydrogen-bond acceptors (Lipinski definition) is 1. The molecule has 0 heterocycles. The van der Waals surface area contributed by atoms with E-state index in [-0.39, 0.29) is 24.8 Å². The number of halogens is 2. The first-order valence-corrected chi connectivity index (χ1v) is 8.46. The van der Waals surface area contributed by atoms with Crippen molar-refractivity contribution >= 4 is 6.08 Å². The van der Waals surface area contributed by atoms with Crippen molar-refractivity contribution in [2.75, 3.05) is 0 Å². The van der Waals surface area contributed by atoms with Crippen LogP contribution in [-0.4, -0.2) is 0 Å². The zero-order chi connectivity index (χ0) is 14.1. The summed E-state index contributed by atoms with van der Waals surface area (Å²) in [4.78, 5) is 0. The number of rotatable bonds is 3.